The molecule has 1 rings (SSSR count). The summed E-state index contributed by atoms with van der Waals surface area (Å²) in [5.41, 5.74) is 0. The summed E-state index contributed by atoms with van der Waals surface area (Å²) in [4.78, 5) is 0. The van der Waals surface area contributed by atoms with E-state index in [1.807, 2.05) is 0 Å². The molecule has 2 unspecified atom stereocenters. The first-order chi connectivity index (χ1) is 5.55. The van der Waals surface area contributed by atoms with Crippen molar-refractivity contribution in [3.05, 3.63) is 0 Å². The molecule has 0 aliphatic carbocycles. The maximum absolute atomic E-state index is 12.3. The molecule has 12 heavy (non-hydrogen) atoms. The molecule has 1 aliphatic heterocycles. The van der Waals surface area contributed by atoms with E-state index < -0.39 is 18.1 Å². The SMILES string of the molecule is CNC(C1CCOC1)C(F)(F)F. The summed E-state index contributed by atoms with van der Waals surface area (Å²) in [5.74, 6) is -0.421. The zero-order chi connectivity index (χ0) is 9.19. The van der Waals surface area contributed by atoms with Crippen LogP contribution in [0, 0.1) is 5.92 Å². The maximum atomic E-state index is 12.3. The van der Waals surface area contributed by atoms with Crippen LogP contribution in [-0.4, -0.2) is 32.5 Å². The molecule has 0 aromatic rings. The molecule has 0 bridgehead atoms. The minimum Gasteiger partial charge on any atom is -0.381 e. The van der Waals surface area contributed by atoms with E-state index in [1.165, 1.54) is 7.05 Å². The van der Waals surface area contributed by atoms with E-state index in [0.717, 1.165) is 0 Å². The van der Waals surface area contributed by atoms with Gasteiger partial charge in [0.05, 0.1) is 6.61 Å². The average Bonchev–Trinajstić information content (AvgIpc) is 2.38. The fraction of sp³-hybridized carbons (Fsp3) is 1.00. The highest BCUT2D eigenvalue weighted by atomic mass is 19.4. The molecule has 0 aromatic heterocycles. The fourth-order valence-electron chi connectivity index (χ4n) is 1.48. The van der Waals surface area contributed by atoms with Crippen LogP contribution in [0.15, 0.2) is 0 Å². The minimum atomic E-state index is -4.16. The first-order valence-corrected chi connectivity index (χ1v) is 3.87. The van der Waals surface area contributed by atoms with Crippen LogP contribution in [-0.2, 0) is 4.74 Å². The third-order valence-electron chi connectivity index (χ3n) is 2.10. The van der Waals surface area contributed by atoms with E-state index >= 15 is 0 Å². The molecule has 0 saturated carbocycles. The van der Waals surface area contributed by atoms with Crippen molar-refractivity contribution in [2.75, 3.05) is 20.3 Å². The summed E-state index contributed by atoms with van der Waals surface area (Å²) in [5, 5.41) is 2.28. The number of hydrogen-bond donors (Lipinski definition) is 1. The van der Waals surface area contributed by atoms with Gasteiger partial charge in [0.1, 0.15) is 6.04 Å². The summed E-state index contributed by atoms with van der Waals surface area (Å²) >= 11 is 0. The van der Waals surface area contributed by atoms with Crippen LogP contribution < -0.4 is 5.32 Å². The first-order valence-electron chi connectivity index (χ1n) is 3.87. The Balaban J connectivity index is 2.54. The molecule has 5 heteroatoms. The Hall–Kier alpha value is -0.290. The third kappa shape index (κ3) is 2.10. The largest absolute Gasteiger partial charge is 0.404 e. The molecule has 1 N–H and O–H groups in total. The number of alkyl halides is 3. The smallest absolute Gasteiger partial charge is 0.381 e. The van der Waals surface area contributed by atoms with Crippen molar-refractivity contribution in [2.45, 2.75) is 18.6 Å². The molecule has 1 aliphatic rings. The quantitative estimate of drug-likeness (QED) is 0.694. The molecule has 2 atom stereocenters. The van der Waals surface area contributed by atoms with Gasteiger partial charge >= 0.3 is 6.18 Å². The Labute approximate surface area is 69.1 Å². The second kappa shape index (κ2) is 3.62. The molecular formula is C7H12F3NO. The number of halogens is 3. The van der Waals surface area contributed by atoms with Crippen LogP contribution in [0.5, 0.6) is 0 Å². The highest BCUT2D eigenvalue weighted by Crippen LogP contribution is 2.29. The van der Waals surface area contributed by atoms with Crippen LogP contribution in [0.2, 0.25) is 0 Å². The molecule has 1 heterocycles. The van der Waals surface area contributed by atoms with E-state index in [2.05, 4.69) is 5.32 Å². The Morgan fingerprint density at radius 2 is 2.17 bits per heavy atom. The summed E-state index contributed by atoms with van der Waals surface area (Å²) in [7, 11) is 1.33. The Bertz CT molecular complexity index is 142. The van der Waals surface area contributed by atoms with E-state index in [1.54, 1.807) is 0 Å². The van der Waals surface area contributed by atoms with Gasteiger partial charge in [0.15, 0.2) is 0 Å². The Kier molecular flexibility index (Phi) is 2.95. The van der Waals surface area contributed by atoms with Gasteiger partial charge in [0.2, 0.25) is 0 Å². The van der Waals surface area contributed by atoms with Crippen molar-refractivity contribution in [2.24, 2.45) is 5.92 Å². The number of nitrogens with one attached hydrogen (secondary N) is 1. The minimum absolute atomic E-state index is 0.213. The van der Waals surface area contributed by atoms with Gasteiger partial charge in [-0.1, -0.05) is 0 Å². The highest BCUT2D eigenvalue weighted by Gasteiger charge is 2.44. The molecule has 2 nitrogen and oxygen atoms in total. The van der Waals surface area contributed by atoms with Gasteiger partial charge in [-0.25, -0.2) is 0 Å². The summed E-state index contributed by atoms with van der Waals surface area (Å²) in [6, 6.07) is -1.42. The molecule has 0 radical (unpaired) electrons. The fourth-order valence-corrected chi connectivity index (χ4v) is 1.48. The predicted octanol–water partition coefficient (Wildman–Crippen LogP) is 1.17. The van der Waals surface area contributed by atoms with Gasteiger partial charge in [-0.3, -0.25) is 0 Å². The summed E-state index contributed by atoms with van der Waals surface area (Å²) in [6.45, 7) is 0.657. The molecule has 0 aromatic carbocycles. The second-order valence-corrected chi connectivity index (χ2v) is 2.93. The standard InChI is InChI=1S/C7H12F3NO/c1-11-6(7(8,9)10)5-2-3-12-4-5/h5-6,11H,2-4H2,1H3. The number of hydrogen-bond acceptors (Lipinski definition) is 2. The third-order valence-corrected chi connectivity index (χ3v) is 2.10. The van der Waals surface area contributed by atoms with Crippen LogP contribution in [0.3, 0.4) is 0 Å². The highest BCUT2D eigenvalue weighted by molar-refractivity contribution is 4.83. The van der Waals surface area contributed by atoms with Crippen LogP contribution in [0.25, 0.3) is 0 Å². The van der Waals surface area contributed by atoms with Gasteiger partial charge in [-0.15, -0.1) is 0 Å². The van der Waals surface area contributed by atoms with Gasteiger partial charge in [0, 0.05) is 12.5 Å². The van der Waals surface area contributed by atoms with Crippen molar-refractivity contribution < 1.29 is 17.9 Å². The Morgan fingerprint density at radius 1 is 1.50 bits per heavy atom. The molecule has 0 amide bonds. The zero-order valence-electron chi connectivity index (χ0n) is 6.82. The van der Waals surface area contributed by atoms with Crippen LogP contribution >= 0.6 is 0 Å². The van der Waals surface area contributed by atoms with Crippen molar-refractivity contribution in [1.29, 1.82) is 0 Å². The molecule has 72 valence electrons. The zero-order valence-corrected chi connectivity index (χ0v) is 6.82. The van der Waals surface area contributed by atoms with Gasteiger partial charge < -0.3 is 10.1 Å². The van der Waals surface area contributed by atoms with E-state index in [4.69, 9.17) is 4.74 Å². The lowest BCUT2D eigenvalue weighted by Gasteiger charge is -2.24. The van der Waals surface area contributed by atoms with Gasteiger partial charge in [0.25, 0.3) is 0 Å². The maximum Gasteiger partial charge on any atom is 0.404 e. The lowest BCUT2D eigenvalue weighted by molar-refractivity contribution is -0.166. The normalized spacial score (nSPS) is 27.5. The van der Waals surface area contributed by atoms with Crippen LogP contribution in [0.4, 0.5) is 13.2 Å². The number of ether oxygens (including phenoxy) is 1. The van der Waals surface area contributed by atoms with Gasteiger partial charge in [-0.2, -0.15) is 13.2 Å². The second-order valence-electron chi connectivity index (χ2n) is 2.93. The summed E-state index contributed by atoms with van der Waals surface area (Å²) < 4.78 is 41.7. The van der Waals surface area contributed by atoms with E-state index in [9.17, 15) is 13.2 Å². The van der Waals surface area contributed by atoms with Crippen molar-refractivity contribution in [3.8, 4) is 0 Å². The number of rotatable bonds is 2. The first kappa shape index (κ1) is 9.80. The topological polar surface area (TPSA) is 21.3 Å². The van der Waals surface area contributed by atoms with Crippen LogP contribution in [0.1, 0.15) is 6.42 Å². The monoisotopic (exact) mass is 183 g/mol. The average molecular weight is 183 g/mol. The van der Waals surface area contributed by atoms with Crippen molar-refractivity contribution >= 4 is 0 Å². The predicted molar refractivity (Wildman–Crippen MR) is 37.8 cm³/mol. The van der Waals surface area contributed by atoms with E-state index in [-0.39, 0.29) is 6.61 Å². The lowest BCUT2D eigenvalue weighted by atomic mass is 9.99. The molecular weight excluding hydrogens is 171 g/mol. The van der Waals surface area contributed by atoms with Gasteiger partial charge in [-0.05, 0) is 13.5 Å². The van der Waals surface area contributed by atoms with Crippen molar-refractivity contribution in [1.82, 2.24) is 5.32 Å². The Morgan fingerprint density at radius 3 is 2.50 bits per heavy atom. The summed E-state index contributed by atoms with van der Waals surface area (Å²) in [6.07, 6.45) is -3.67. The lowest BCUT2D eigenvalue weighted by Crippen LogP contribution is -2.46. The molecule has 0 spiro atoms. The molecule has 1 fully saturated rings. The molecule has 1 saturated heterocycles. The van der Waals surface area contributed by atoms with Crippen molar-refractivity contribution in [3.63, 3.8) is 0 Å². The van der Waals surface area contributed by atoms with E-state index in [0.29, 0.717) is 13.0 Å².